The molecule has 10 heavy (non-hydrogen) atoms. The van der Waals surface area contributed by atoms with Gasteiger partial charge in [-0.2, -0.15) is 0 Å². The third-order valence-electron chi connectivity index (χ3n) is 1.22. The van der Waals surface area contributed by atoms with Crippen LogP contribution in [-0.4, -0.2) is 38.3 Å². The molecule has 0 aromatic heterocycles. The molecule has 60 valence electrons. The molecule has 0 fully saturated rings. The first-order chi connectivity index (χ1) is 4.77. The molecular formula is C8H18N2. The van der Waals surface area contributed by atoms with Gasteiger partial charge >= 0.3 is 0 Å². The second-order valence-electron chi connectivity index (χ2n) is 2.68. The Morgan fingerprint density at radius 2 is 2.10 bits per heavy atom. The average molecular weight is 142 g/mol. The zero-order valence-electron chi connectivity index (χ0n) is 7.30. The van der Waals surface area contributed by atoms with E-state index < -0.39 is 0 Å². The molecule has 0 N–H and O–H groups in total. The molecule has 0 saturated carbocycles. The second kappa shape index (κ2) is 6.75. The van der Waals surface area contributed by atoms with Crippen molar-refractivity contribution in [3.63, 3.8) is 0 Å². The SMILES string of the molecule is CCCC=NCCN(C)C. The molecule has 2 nitrogen and oxygen atoms in total. The van der Waals surface area contributed by atoms with E-state index in [0.29, 0.717) is 0 Å². The maximum atomic E-state index is 4.23. The zero-order chi connectivity index (χ0) is 7.82. The summed E-state index contributed by atoms with van der Waals surface area (Å²) in [6.07, 6.45) is 4.34. The first-order valence-corrected chi connectivity index (χ1v) is 3.90. The Hall–Kier alpha value is -0.370. The molecule has 0 radical (unpaired) electrons. The molecule has 0 bridgehead atoms. The van der Waals surface area contributed by atoms with E-state index in [0.717, 1.165) is 19.5 Å². The number of nitrogens with zero attached hydrogens (tertiary/aromatic N) is 2. The highest BCUT2D eigenvalue weighted by atomic mass is 15.1. The molecule has 0 amide bonds. The average Bonchev–Trinajstić information content (AvgIpc) is 1.87. The highest BCUT2D eigenvalue weighted by molar-refractivity contribution is 5.56. The van der Waals surface area contributed by atoms with Gasteiger partial charge in [0.15, 0.2) is 0 Å². The van der Waals surface area contributed by atoms with Crippen LogP contribution < -0.4 is 0 Å². The molecule has 0 atom stereocenters. The van der Waals surface area contributed by atoms with Crippen LogP contribution in [0.25, 0.3) is 0 Å². The lowest BCUT2D eigenvalue weighted by Gasteiger charge is -2.04. The maximum Gasteiger partial charge on any atom is 0.0512 e. The van der Waals surface area contributed by atoms with Crippen LogP contribution in [0.15, 0.2) is 4.99 Å². The van der Waals surface area contributed by atoms with Crippen molar-refractivity contribution in [1.29, 1.82) is 0 Å². The monoisotopic (exact) mass is 142 g/mol. The van der Waals surface area contributed by atoms with E-state index in [4.69, 9.17) is 0 Å². The van der Waals surface area contributed by atoms with E-state index in [9.17, 15) is 0 Å². The van der Waals surface area contributed by atoms with Gasteiger partial charge in [0.1, 0.15) is 0 Å². The first-order valence-electron chi connectivity index (χ1n) is 3.90. The van der Waals surface area contributed by atoms with Crippen molar-refractivity contribution < 1.29 is 0 Å². The van der Waals surface area contributed by atoms with E-state index in [1.165, 1.54) is 6.42 Å². The Morgan fingerprint density at radius 3 is 2.60 bits per heavy atom. The van der Waals surface area contributed by atoms with Crippen LogP contribution in [0.3, 0.4) is 0 Å². The molecule has 0 heterocycles. The normalized spacial score (nSPS) is 11.6. The molecule has 0 saturated heterocycles. The van der Waals surface area contributed by atoms with Crippen LogP contribution in [0.1, 0.15) is 19.8 Å². The number of hydrogen-bond acceptors (Lipinski definition) is 2. The fourth-order valence-electron chi connectivity index (χ4n) is 0.569. The number of unbranched alkanes of at least 4 members (excludes halogenated alkanes) is 1. The van der Waals surface area contributed by atoms with E-state index in [-0.39, 0.29) is 0 Å². The standard InChI is InChI=1S/C8H18N2/c1-4-5-6-9-7-8-10(2)3/h6H,4-5,7-8H2,1-3H3. The van der Waals surface area contributed by atoms with Gasteiger partial charge in [0, 0.05) is 6.54 Å². The lowest BCUT2D eigenvalue weighted by Crippen LogP contribution is -2.15. The summed E-state index contributed by atoms with van der Waals surface area (Å²) < 4.78 is 0. The number of hydrogen-bond donors (Lipinski definition) is 0. The third-order valence-corrected chi connectivity index (χ3v) is 1.22. The van der Waals surface area contributed by atoms with Gasteiger partial charge in [-0.15, -0.1) is 0 Å². The van der Waals surface area contributed by atoms with Crippen molar-refractivity contribution in [3.8, 4) is 0 Å². The molecule has 0 aliphatic carbocycles. The fraction of sp³-hybridized carbons (Fsp3) is 0.875. The van der Waals surface area contributed by atoms with E-state index in [2.05, 4.69) is 30.9 Å². The molecule has 0 aromatic rings. The molecule has 0 spiro atoms. The van der Waals surface area contributed by atoms with Crippen molar-refractivity contribution in [2.75, 3.05) is 27.2 Å². The summed E-state index contributed by atoms with van der Waals surface area (Å²) >= 11 is 0. The minimum atomic E-state index is 0.938. The predicted molar refractivity (Wildman–Crippen MR) is 46.8 cm³/mol. The summed E-state index contributed by atoms with van der Waals surface area (Å²) in [6, 6.07) is 0. The fourth-order valence-corrected chi connectivity index (χ4v) is 0.569. The minimum Gasteiger partial charge on any atom is -0.308 e. The Balaban J connectivity index is 3.02. The highest BCUT2D eigenvalue weighted by Gasteiger charge is 1.84. The van der Waals surface area contributed by atoms with Crippen LogP contribution in [0.5, 0.6) is 0 Å². The number of aliphatic imine (C=N–C) groups is 1. The van der Waals surface area contributed by atoms with Gasteiger partial charge < -0.3 is 4.90 Å². The summed E-state index contributed by atoms with van der Waals surface area (Å²) in [5.41, 5.74) is 0. The highest BCUT2D eigenvalue weighted by Crippen LogP contribution is 1.81. The molecule has 0 rings (SSSR count). The van der Waals surface area contributed by atoms with Crippen LogP contribution in [-0.2, 0) is 0 Å². The zero-order valence-corrected chi connectivity index (χ0v) is 7.30. The molecule has 0 aliphatic heterocycles. The van der Waals surface area contributed by atoms with Crippen LogP contribution in [0, 0.1) is 0 Å². The quantitative estimate of drug-likeness (QED) is 0.530. The first kappa shape index (κ1) is 9.63. The second-order valence-corrected chi connectivity index (χ2v) is 2.68. The van der Waals surface area contributed by atoms with Gasteiger partial charge in [0.25, 0.3) is 0 Å². The van der Waals surface area contributed by atoms with Crippen molar-refractivity contribution in [1.82, 2.24) is 4.90 Å². The van der Waals surface area contributed by atoms with Crippen molar-refractivity contribution in [2.24, 2.45) is 4.99 Å². The lowest BCUT2D eigenvalue weighted by molar-refractivity contribution is 0.420. The Labute approximate surface area is 63.9 Å². The van der Waals surface area contributed by atoms with Gasteiger partial charge in [-0.1, -0.05) is 13.3 Å². The van der Waals surface area contributed by atoms with E-state index in [1.807, 2.05) is 6.21 Å². The van der Waals surface area contributed by atoms with Crippen molar-refractivity contribution in [3.05, 3.63) is 0 Å². The van der Waals surface area contributed by atoms with Gasteiger partial charge in [0.2, 0.25) is 0 Å². The molecule has 0 aromatic carbocycles. The van der Waals surface area contributed by atoms with Crippen molar-refractivity contribution in [2.45, 2.75) is 19.8 Å². The largest absolute Gasteiger partial charge is 0.308 e. The molecule has 0 aliphatic rings. The van der Waals surface area contributed by atoms with Crippen LogP contribution >= 0.6 is 0 Å². The van der Waals surface area contributed by atoms with Gasteiger partial charge in [-0.3, -0.25) is 4.99 Å². The predicted octanol–water partition coefficient (Wildman–Crippen LogP) is 1.42. The lowest BCUT2D eigenvalue weighted by atomic mass is 10.4. The summed E-state index contributed by atoms with van der Waals surface area (Å²) in [5, 5.41) is 0. The number of rotatable bonds is 5. The third kappa shape index (κ3) is 7.63. The van der Waals surface area contributed by atoms with Gasteiger partial charge in [-0.05, 0) is 26.7 Å². The molecule has 2 heteroatoms. The smallest absolute Gasteiger partial charge is 0.0512 e. The molecular weight excluding hydrogens is 124 g/mol. The van der Waals surface area contributed by atoms with E-state index >= 15 is 0 Å². The summed E-state index contributed by atoms with van der Waals surface area (Å²) in [6.45, 7) is 4.16. The molecule has 0 unspecified atom stereocenters. The van der Waals surface area contributed by atoms with Gasteiger partial charge in [0.05, 0.1) is 6.54 Å². The maximum absolute atomic E-state index is 4.23. The van der Waals surface area contributed by atoms with Crippen LogP contribution in [0.4, 0.5) is 0 Å². The Kier molecular flexibility index (Phi) is 6.50. The van der Waals surface area contributed by atoms with E-state index in [1.54, 1.807) is 0 Å². The summed E-state index contributed by atoms with van der Waals surface area (Å²) in [4.78, 5) is 6.38. The van der Waals surface area contributed by atoms with Crippen LogP contribution in [0.2, 0.25) is 0 Å². The summed E-state index contributed by atoms with van der Waals surface area (Å²) in [7, 11) is 4.13. The topological polar surface area (TPSA) is 15.6 Å². The Morgan fingerprint density at radius 1 is 1.40 bits per heavy atom. The summed E-state index contributed by atoms with van der Waals surface area (Å²) in [5.74, 6) is 0. The Bertz CT molecular complexity index is 87.3. The number of likely N-dealkylation sites (N-methyl/N-ethyl adjacent to an activating group) is 1. The van der Waals surface area contributed by atoms with Gasteiger partial charge in [-0.25, -0.2) is 0 Å². The van der Waals surface area contributed by atoms with Crippen molar-refractivity contribution >= 4 is 6.21 Å². The minimum absolute atomic E-state index is 0.938.